The van der Waals surface area contributed by atoms with Crippen LogP contribution in [0.3, 0.4) is 0 Å². The van der Waals surface area contributed by atoms with Crippen LogP contribution in [0, 0.1) is 0 Å². The van der Waals surface area contributed by atoms with Crippen LogP contribution in [0.1, 0.15) is 16.8 Å². The normalized spacial score (nSPS) is 17.8. The maximum absolute atomic E-state index is 12.8. The highest BCUT2D eigenvalue weighted by Crippen LogP contribution is 2.35. The van der Waals surface area contributed by atoms with Gasteiger partial charge in [0.25, 0.3) is 5.91 Å². The molecule has 2 amide bonds. The number of rotatable bonds is 5. The molecule has 0 radical (unpaired) electrons. The van der Waals surface area contributed by atoms with E-state index in [1.807, 2.05) is 6.07 Å². The molecule has 8 nitrogen and oxygen atoms in total. The lowest BCUT2D eigenvalue weighted by molar-refractivity contribution is -0.117. The summed E-state index contributed by atoms with van der Waals surface area (Å²) in [4.78, 5) is 27.0. The standard InChI is InChI=1S/C21H22N2O6/c1-26-17-5-3-4-15(20(17)27-2)21(25)22-13-10-19(24)23(12-13)14-6-7-16-18(11-14)29-9-8-28-16/h3-7,11,13H,8-10,12H2,1-2H3,(H,22,25)/t13-/m1/s1. The Morgan fingerprint density at radius 2 is 1.90 bits per heavy atom. The van der Waals surface area contributed by atoms with Crippen LogP contribution in [0.5, 0.6) is 23.0 Å². The van der Waals surface area contributed by atoms with Crippen LogP contribution in [-0.2, 0) is 4.79 Å². The number of hydrogen-bond donors (Lipinski definition) is 1. The van der Waals surface area contributed by atoms with E-state index in [-0.39, 0.29) is 24.3 Å². The molecule has 2 aromatic rings. The Morgan fingerprint density at radius 1 is 1.10 bits per heavy atom. The minimum absolute atomic E-state index is 0.0652. The third kappa shape index (κ3) is 3.65. The molecule has 1 saturated heterocycles. The van der Waals surface area contributed by atoms with Crippen molar-refractivity contribution in [3.63, 3.8) is 0 Å². The number of amides is 2. The SMILES string of the molecule is COc1cccc(C(=O)N[C@@H]2CC(=O)N(c3ccc4c(c3)OCCO4)C2)c1OC. The number of hydrogen-bond acceptors (Lipinski definition) is 6. The summed E-state index contributed by atoms with van der Waals surface area (Å²) in [5.74, 6) is 1.74. The van der Waals surface area contributed by atoms with Crippen molar-refractivity contribution in [2.24, 2.45) is 0 Å². The van der Waals surface area contributed by atoms with Crippen LogP contribution in [-0.4, -0.2) is 51.8 Å². The minimum atomic E-state index is -0.320. The second kappa shape index (κ2) is 7.90. The van der Waals surface area contributed by atoms with Gasteiger partial charge in [-0.05, 0) is 24.3 Å². The van der Waals surface area contributed by atoms with Crippen molar-refractivity contribution in [1.29, 1.82) is 0 Å². The smallest absolute Gasteiger partial charge is 0.255 e. The van der Waals surface area contributed by atoms with Crippen molar-refractivity contribution in [3.8, 4) is 23.0 Å². The molecule has 0 aromatic heterocycles. The first-order valence-corrected chi connectivity index (χ1v) is 9.32. The first kappa shape index (κ1) is 18.9. The largest absolute Gasteiger partial charge is 0.493 e. The summed E-state index contributed by atoms with van der Waals surface area (Å²) >= 11 is 0. The maximum atomic E-state index is 12.8. The number of ether oxygens (including phenoxy) is 4. The van der Waals surface area contributed by atoms with E-state index < -0.39 is 0 Å². The first-order chi connectivity index (χ1) is 14.1. The van der Waals surface area contributed by atoms with Gasteiger partial charge in [0.15, 0.2) is 23.0 Å². The predicted molar refractivity (Wildman–Crippen MR) is 105 cm³/mol. The molecule has 29 heavy (non-hydrogen) atoms. The van der Waals surface area contributed by atoms with E-state index >= 15 is 0 Å². The van der Waals surface area contributed by atoms with Crippen molar-refractivity contribution in [1.82, 2.24) is 5.32 Å². The molecule has 2 aromatic carbocycles. The van der Waals surface area contributed by atoms with Crippen LogP contribution in [0.15, 0.2) is 36.4 Å². The van der Waals surface area contributed by atoms with Crippen LogP contribution in [0.25, 0.3) is 0 Å². The molecular formula is C21H22N2O6. The molecule has 0 bridgehead atoms. The lowest BCUT2D eigenvalue weighted by atomic mass is 10.1. The molecule has 2 aliphatic heterocycles. The van der Waals surface area contributed by atoms with Gasteiger partial charge in [-0.3, -0.25) is 9.59 Å². The number of carbonyl (C=O) groups is 2. The van der Waals surface area contributed by atoms with Gasteiger partial charge in [0.1, 0.15) is 13.2 Å². The third-order valence-electron chi connectivity index (χ3n) is 4.95. The summed E-state index contributed by atoms with van der Waals surface area (Å²) in [6, 6.07) is 10.2. The van der Waals surface area contributed by atoms with Gasteiger partial charge in [-0.1, -0.05) is 6.07 Å². The number of carbonyl (C=O) groups excluding carboxylic acids is 2. The van der Waals surface area contributed by atoms with E-state index in [2.05, 4.69) is 5.32 Å². The molecule has 2 aliphatic rings. The van der Waals surface area contributed by atoms with Gasteiger partial charge in [0.2, 0.25) is 5.91 Å². The monoisotopic (exact) mass is 398 g/mol. The maximum Gasteiger partial charge on any atom is 0.255 e. The van der Waals surface area contributed by atoms with Crippen molar-refractivity contribution >= 4 is 17.5 Å². The fraction of sp³-hybridized carbons (Fsp3) is 0.333. The van der Waals surface area contributed by atoms with E-state index in [1.165, 1.54) is 14.2 Å². The number of methoxy groups -OCH3 is 2. The van der Waals surface area contributed by atoms with Gasteiger partial charge in [-0.2, -0.15) is 0 Å². The van der Waals surface area contributed by atoms with E-state index in [9.17, 15) is 9.59 Å². The number of fused-ring (bicyclic) bond motifs is 1. The third-order valence-corrected chi connectivity index (χ3v) is 4.95. The molecule has 0 unspecified atom stereocenters. The van der Waals surface area contributed by atoms with Crippen LogP contribution >= 0.6 is 0 Å². The number of anilines is 1. The summed E-state index contributed by atoms with van der Waals surface area (Å²) in [6.07, 6.45) is 0.215. The molecule has 0 aliphatic carbocycles. The molecule has 2 heterocycles. The molecule has 1 fully saturated rings. The van der Waals surface area contributed by atoms with Crippen LogP contribution in [0.4, 0.5) is 5.69 Å². The fourth-order valence-corrected chi connectivity index (χ4v) is 3.58. The van der Waals surface area contributed by atoms with Crippen molar-refractivity contribution in [2.45, 2.75) is 12.5 Å². The summed E-state index contributed by atoms with van der Waals surface area (Å²) in [7, 11) is 3.00. The van der Waals surface area contributed by atoms with Crippen molar-refractivity contribution in [2.75, 3.05) is 38.9 Å². The summed E-state index contributed by atoms with van der Waals surface area (Å²) in [5.41, 5.74) is 1.08. The number of nitrogens with one attached hydrogen (secondary N) is 1. The lowest BCUT2D eigenvalue weighted by Gasteiger charge is -2.22. The van der Waals surface area contributed by atoms with Gasteiger partial charge in [-0.15, -0.1) is 0 Å². The second-order valence-corrected chi connectivity index (χ2v) is 6.75. The molecule has 4 rings (SSSR count). The zero-order chi connectivity index (χ0) is 20.4. The molecule has 0 spiro atoms. The van der Waals surface area contributed by atoms with E-state index in [0.717, 1.165) is 5.69 Å². The second-order valence-electron chi connectivity index (χ2n) is 6.75. The molecule has 0 saturated carbocycles. The number of nitrogens with zero attached hydrogens (tertiary/aromatic N) is 1. The van der Waals surface area contributed by atoms with E-state index in [0.29, 0.717) is 48.3 Å². The van der Waals surface area contributed by atoms with Gasteiger partial charge in [-0.25, -0.2) is 0 Å². The zero-order valence-corrected chi connectivity index (χ0v) is 16.3. The quantitative estimate of drug-likeness (QED) is 0.829. The fourth-order valence-electron chi connectivity index (χ4n) is 3.58. The van der Waals surface area contributed by atoms with Crippen molar-refractivity contribution < 1.29 is 28.5 Å². The molecule has 8 heteroatoms. The van der Waals surface area contributed by atoms with Gasteiger partial charge >= 0.3 is 0 Å². The lowest BCUT2D eigenvalue weighted by Crippen LogP contribution is -2.37. The molecular weight excluding hydrogens is 376 g/mol. The zero-order valence-electron chi connectivity index (χ0n) is 16.3. The van der Waals surface area contributed by atoms with E-state index in [1.54, 1.807) is 35.2 Å². The summed E-state index contributed by atoms with van der Waals surface area (Å²) in [5, 5.41) is 2.92. The van der Waals surface area contributed by atoms with Gasteiger partial charge in [0, 0.05) is 24.7 Å². The molecule has 152 valence electrons. The van der Waals surface area contributed by atoms with Crippen LogP contribution in [0.2, 0.25) is 0 Å². The highest BCUT2D eigenvalue weighted by molar-refractivity contribution is 6.00. The number of benzene rings is 2. The van der Waals surface area contributed by atoms with Gasteiger partial charge in [0.05, 0.1) is 25.8 Å². The van der Waals surface area contributed by atoms with E-state index in [4.69, 9.17) is 18.9 Å². The summed E-state index contributed by atoms with van der Waals surface area (Å²) in [6.45, 7) is 1.36. The highest BCUT2D eigenvalue weighted by Gasteiger charge is 2.33. The highest BCUT2D eigenvalue weighted by atomic mass is 16.6. The molecule has 1 atom stereocenters. The Kier molecular flexibility index (Phi) is 5.16. The first-order valence-electron chi connectivity index (χ1n) is 9.32. The molecule has 1 N–H and O–H groups in total. The average Bonchev–Trinajstić information content (AvgIpc) is 3.12. The number of para-hydroxylation sites is 1. The van der Waals surface area contributed by atoms with Crippen molar-refractivity contribution in [3.05, 3.63) is 42.0 Å². The average molecular weight is 398 g/mol. The van der Waals surface area contributed by atoms with Crippen LogP contribution < -0.4 is 29.2 Å². The predicted octanol–water partition coefficient (Wildman–Crippen LogP) is 2.01. The Hall–Kier alpha value is -3.42. The van der Waals surface area contributed by atoms with Gasteiger partial charge < -0.3 is 29.2 Å². The summed E-state index contributed by atoms with van der Waals surface area (Å²) < 4.78 is 21.7. The Balaban J connectivity index is 1.48. The Labute approximate surface area is 168 Å². The Bertz CT molecular complexity index is 945. The minimum Gasteiger partial charge on any atom is -0.493 e. The Morgan fingerprint density at radius 3 is 2.66 bits per heavy atom. The topological polar surface area (TPSA) is 86.3 Å².